The molecule has 2 aromatic heterocycles. The van der Waals surface area contributed by atoms with Crippen LogP contribution in [0, 0.1) is 0 Å². The standard InChI is InChI=1S/C30H34ClN7O/c1-20-15-37-19-32-14-22(37)16-38(20)28-23-10-13-36(26-9-5-7-21-6-4-8-24(31)27(21)26)17-25(23)33-29(34-28)39-18-30(11-12-30)35(2)3/h4-9,14,19-20H,10-13,15-18H2,1-3H3. The van der Waals surface area contributed by atoms with E-state index in [0.29, 0.717) is 19.2 Å². The van der Waals surface area contributed by atoms with Gasteiger partial charge in [-0.05, 0) is 57.8 Å². The van der Waals surface area contributed by atoms with Gasteiger partial charge in [0.2, 0.25) is 0 Å². The van der Waals surface area contributed by atoms with Crippen molar-refractivity contribution in [2.75, 3.05) is 37.0 Å². The summed E-state index contributed by atoms with van der Waals surface area (Å²) in [7, 11) is 4.25. The highest BCUT2D eigenvalue weighted by atomic mass is 35.5. The molecule has 1 aliphatic carbocycles. The molecule has 2 aliphatic heterocycles. The molecule has 0 spiro atoms. The van der Waals surface area contributed by atoms with Gasteiger partial charge in [0.1, 0.15) is 12.4 Å². The largest absolute Gasteiger partial charge is 0.461 e. The van der Waals surface area contributed by atoms with Gasteiger partial charge in [0, 0.05) is 42.0 Å². The highest BCUT2D eigenvalue weighted by Crippen LogP contribution is 2.41. The van der Waals surface area contributed by atoms with Crippen LogP contribution in [0.15, 0.2) is 48.9 Å². The van der Waals surface area contributed by atoms with Gasteiger partial charge in [-0.25, -0.2) is 4.98 Å². The minimum Gasteiger partial charge on any atom is -0.461 e. The summed E-state index contributed by atoms with van der Waals surface area (Å²) in [6, 6.07) is 13.3. The van der Waals surface area contributed by atoms with Gasteiger partial charge < -0.3 is 24.0 Å². The zero-order valence-corrected chi connectivity index (χ0v) is 23.5. The maximum absolute atomic E-state index is 6.71. The number of benzene rings is 2. The third kappa shape index (κ3) is 4.30. The number of hydrogen-bond donors (Lipinski definition) is 0. The van der Waals surface area contributed by atoms with Gasteiger partial charge in [0.15, 0.2) is 0 Å². The molecule has 1 atom stereocenters. The van der Waals surface area contributed by atoms with E-state index in [1.54, 1.807) is 0 Å². The summed E-state index contributed by atoms with van der Waals surface area (Å²) in [6.07, 6.45) is 7.03. The topological polar surface area (TPSA) is 62.6 Å². The number of nitrogens with zero attached hydrogens (tertiary/aromatic N) is 7. The molecule has 39 heavy (non-hydrogen) atoms. The van der Waals surface area contributed by atoms with Gasteiger partial charge in [-0.15, -0.1) is 0 Å². The van der Waals surface area contributed by atoms with Crippen molar-refractivity contribution in [3.05, 3.63) is 70.9 Å². The van der Waals surface area contributed by atoms with Crippen LogP contribution < -0.4 is 14.5 Å². The second-order valence-corrected chi connectivity index (χ2v) is 11.9. The van der Waals surface area contributed by atoms with E-state index in [1.807, 2.05) is 24.7 Å². The Morgan fingerprint density at radius 3 is 2.72 bits per heavy atom. The molecule has 0 amide bonds. The molecule has 4 aromatic rings. The highest BCUT2D eigenvalue weighted by molar-refractivity contribution is 6.36. The molecule has 0 radical (unpaired) electrons. The van der Waals surface area contributed by atoms with E-state index in [9.17, 15) is 0 Å². The van der Waals surface area contributed by atoms with Crippen LogP contribution in [-0.2, 0) is 26.1 Å². The number of halogens is 1. The lowest BCUT2D eigenvalue weighted by molar-refractivity contribution is 0.158. The van der Waals surface area contributed by atoms with Crippen molar-refractivity contribution in [3.8, 4) is 6.01 Å². The van der Waals surface area contributed by atoms with Gasteiger partial charge in [-0.3, -0.25) is 0 Å². The molecular formula is C30H34ClN7O. The van der Waals surface area contributed by atoms with Gasteiger partial charge in [-0.2, -0.15) is 9.97 Å². The summed E-state index contributed by atoms with van der Waals surface area (Å²) in [6.45, 7) is 6.07. The Labute approximate surface area is 234 Å². The van der Waals surface area contributed by atoms with Crippen molar-refractivity contribution in [1.29, 1.82) is 0 Å². The van der Waals surface area contributed by atoms with Crippen LogP contribution in [0.3, 0.4) is 0 Å². The van der Waals surface area contributed by atoms with Gasteiger partial charge in [0.05, 0.1) is 41.4 Å². The van der Waals surface area contributed by atoms with Crippen molar-refractivity contribution in [2.45, 2.75) is 57.4 Å². The van der Waals surface area contributed by atoms with Crippen LogP contribution in [-0.4, -0.2) is 63.2 Å². The zero-order chi connectivity index (χ0) is 26.7. The summed E-state index contributed by atoms with van der Waals surface area (Å²) in [5.41, 5.74) is 4.70. The van der Waals surface area contributed by atoms with Crippen LogP contribution in [0.2, 0.25) is 5.02 Å². The van der Waals surface area contributed by atoms with Crippen molar-refractivity contribution in [2.24, 2.45) is 0 Å². The normalized spacial score (nSPS) is 19.8. The number of ether oxygens (including phenoxy) is 1. The lowest BCUT2D eigenvalue weighted by atomic mass is 10.0. The van der Waals surface area contributed by atoms with E-state index in [0.717, 1.165) is 71.9 Å². The second kappa shape index (κ2) is 9.38. The van der Waals surface area contributed by atoms with Gasteiger partial charge in [-0.1, -0.05) is 35.9 Å². The summed E-state index contributed by atoms with van der Waals surface area (Å²) in [5.74, 6) is 1.00. The Hall–Kier alpha value is -3.36. The first kappa shape index (κ1) is 24.7. The number of imidazole rings is 1. The maximum Gasteiger partial charge on any atom is 0.318 e. The van der Waals surface area contributed by atoms with Gasteiger partial charge >= 0.3 is 6.01 Å². The van der Waals surface area contributed by atoms with Crippen molar-refractivity contribution >= 4 is 33.9 Å². The Balaban J connectivity index is 1.27. The molecule has 4 heterocycles. The van der Waals surface area contributed by atoms with Crippen LogP contribution in [0.1, 0.15) is 36.7 Å². The van der Waals surface area contributed by atoms with Crippen LogP contribution in [0.25, 0.3) is 10.8 Å². The first-order valence-corrected chi connectivity index (χ1v) is 14.2. The fraction of sp³-hybridized carbons (Fsp3) is 0.433. The summed E-state index contributed by atoms with van der Waals surface area (Å²) in [4.78, 5) is 21.6. The van der Waals surface area contributed by atoms with Crippen LogP contribution in [0.4, 0.5) is 11.5 Å². The predicted octanol–water partition coefficient (Wildman–Crippen LogP) is 4.92. The molecule has 0 bridgehead atoms. The molecule has 9 heteroatoms. The number of aromatic nitrogens is 4. The maximum atomic E-state index is 6.71. The number of rotatable bonds is 6. The quantitative estimate of drug-likeness (QED) is 0.342. The Morgan fingerprint density at radius 2 is 1.92 bits per heavy atom. The van der Waals surface area contributed by atoms with Crippen molar-refractivity contribution in [3.63, 3.8) is 0 Å². The minimum absolute atomic E-state index is 0.0933. The molecule has 202 valence electrons. The molecular weight excluding hydrogens is 510 g/mol. The summed E-state index contributed by atoms with van der Waals surface area (Å²) < 4.78 is 8.61. The van der Waals surface area contributed by atoms with E-state index < -0.39 is 0 Å². The molecule has 1 saturated carbocycles. The number of fused-ring (bicyclic) bond motifs is 3. The zero-order valence-electron chi connectivity index (χ0n) is 22.8. The number of anilines is 2. The molecule has 8 nitrogen and oxygen atoms in total. The monoisotopic (exact) mass is 543 g/mol. The van der Waals surface area contributed by atoms with Crippen molar-refractivity contribution in [1.82, 2.24) is 24.4 Å². The molecule has 1 unspecified atom stereocenters. The predicted molar refractivity (Wildman–Crippen MR) is 155 cm³/mol. The average molecular weight is 544 g/mol. The fourth-order valence-corrected chi connectivity index (χ4v) is 6.42. The molecule has 0 N–H and O–H groups in total. The Morgan fingerprint density at radius 1 is 1.10 bits per heavy atom. The lowest BCUT2D eigenvalue weighted by Crippen LogP contribution is -2.43. The third-order valence-corrected chi connectivity index (χ3v) is 9.15. The van der Waals surface area contributed by atoms with E-state index >= 15 is 0 Å². The molecule has 7 rings (SSSR count). The van der Waals surface area contributed by atoms with Crippen LogP contribution >= 0.6 is 11.6 Å². The van der Waals surface area contributed by atoms with E-state index in [-0.39, 0.29) is 11.6 Å². The molecule has 3 aliphatic rings. The highest BCUT2D eigenvalue weighted by Gasteiger charge is 2.46. The third-order valence-electron chi connectivity index (χ3n) is 8.84. The summed E-state index contributed by atoms with van der Waals surface area (Å²) >= 11 is 6.71. The number of likely N-dealkylation sites (N-methyl/N-ethyl adjacent to an activating group) is 1. The molecule has 1 fully saturated rings. The lowest BCUT2D eigenvalue weighted by Gasteiger charge is -2.38. The number of hydrogen-bond acceptors (Lipinski definition) is 7. The summed E-state index contributed by atoms with van der Waals surface area (Å²) in [5, 5.41) is 3.02. The van der Waals surface area contributed by atoms with E-state index in [1.165, 1.54) is 11.3 Å². The van der Waals surface area contributed by atoms with Gasteiger partial charge in [0.25, 0.3) is 0 Å². The smallest absolute Gasteiger partial charge is 0.318 e. The van der Waals surface area contributed by atoms with Crippen LogP contribution in [0.5, 0.6) is 6.01 Å². The SMILES string of the molecule is CC1Cn2cncc2CN1c1nc(OCC2(N(C)C)CC2)nc2c1CCN(c1cccc3cccc(Cl)c13)C2. The second-order valence-electron chi connectivity index (χ2n) is 11.5. The Kier molecular flexibility index (Phi) is 5.93. The molecule has 0 saturated heterocycles. The average Bonchev–Trinajstić information content (AvgIpc) is 3.61. The first-order valence-electron chi connectivity index (χ1n) is 13.8. The van der Waals surface area contributed by atoms with E-state index in [4.69, 9.17) is 26.3 Å². The minimum atomic E-state index is 0.0933. The fourth-order valence-electron chi connectivity index (χ4n) is 6.14. The van der Waals surface area contributed by atoms with Crippen molar-refractivity contribution < 1.29 is 4.74 Å². The van der Waals surface area contributed by atoms with E-state index in [2.05, 4.69) is 69.5 Å². The first-order chi connectivity index (χ1) is 18.9. The molecule has 2 aromatic carbocycles. The Bertz CT molecular complexity index is 1540.